The van der Waals surface area contributed by atoms with Crippen LogP contribution >= 0.6 is 11.6 Å². The van der Waals surface area contributed by atoms with Gasteiger partial charge in [0.25, 0.3) is 0 Å². The van der Waals surface area contributed by atoms with Gasteiger partial charge in [0.05, 0.1) is 0 Å². The van der Waals surface area contributed by atoms with Crippen molar-refractivity contribution >= 4 is 17.3 Å². The predicted molar refractivity (Wildman–Crippen MR) is 87.8 cm³/mol. The number of nitrogens with one attached hydrogen (secondary N) is 1. The van der Waals surface area contributed by atoms with Gasteiger partial charge in [0.2, 0.25) is 0 Å². The van der Waals surface area contributed by atoms with Gasteiger partial charge in [-0.3, -0.25) is 4.90 Å². The first kappa shape index (κ1) is 15.6. The molecular formula is C16H26ClN3. The zero-order valence-corrected chi connectivity index (χ0v) is 13.6. The Morgan fingerprint density at radius 2 is 2.25 bits per heavy atom. The van der Waals surface area contributed by atoms with E-state index in [0.717, 1.165) is 24.7 Å². The van der Waals surface area contributed by atoms with E-state index in [-0.39, 0.29) is 0 Å². The summed E-state index contributed by atoms with van der Waals surface area (Å²) in [6.07, 6.45) is 2.64. The predicted octanol–water partition coefficient (Wildman–Crippen LogP) is 2.98. The van der Waals surface area contributed by atoms with Crippen LogP contribution in [0.1, 0.15) is 25.3 Å². The van der Waals surface area contributed by atoms with Crippen molar-refractivity contribution in [3.05, 3.63) is 28.8 Å². The molecule has 2 rings (SSSR count). The Morgan fingerprint density at radius 3 is 2.95 bits per heavy atom. The van der Waals surface area contributed by atoms with E-state index in [1.54, 1.807) is 0 Å². The van der Waals surface area contributed by atoms with Crippen molar-refractivity contribution in [1.29, 1.82) is 0 Å². The number of rotatable bonds is 6. The first-order chi connectivity index (χ1) is 9.65. The second-order valence-electron chi connectivity index (χ2n) is 5.61. The molecule has 0 saturated carbocycles. The molecule has 0 radical (unpaired) electrons. The molecule has 0 bridgehead atoms. The Kier molecular flexibility index (Phi) is 5.70. The van der Waals surface area contributed by atoms with Crippen molar-refractivity contribution in [1.82, 2.24) is 10.2 Å². The molecule has 0 aromatic heterocycles. The lowest BCUT2D eigenvalue weighted by Crippen LogP contribution is -2.39. The number of nitrogens with zero attached hydrogens (tertiary/aromatic N) is 2. The van der Waals surface area contributed by atoms with Crippen LogP contribution in [0, 0.1) is 0 Å². The second kappa shape index (κ2) is 7.30. The molecule has 1 aliphatic rings. The summed E-state index contributed by atoms with van der Waals surface area (Å²) in [6, 6.07) is 6.87. The summed E-state index contributed by atoms with van der Waals surface area (Å²) in [6.45, 7) is 6.60. The first-order valence-corrected chi connectivity index (χ1v) is 7.91. The van der Waals surface area contributed by atoms with Gasteiger partial charge < -0.3 is 10.2 Å². The molecule has 1 fully saturated rings. The molecule has 4 heteroatoms. The van der Waals surface area contributed by atoms with E-state index in [1.165, 1.54) is 30.6 Å². The van der Waals surface area contributed by atoms with Crippen LogP contribution in [0.4, 0.5) is 5.69 Å². The average molecular weight is 296 g/mol. The van der Waals surface area contributed by atoms with Gasteiger partial charge in [0.15, 0.2) is 0 Å². The minimum atomic E-state index is 0.683. The van der Waals surface area contributed by atoms with Gasteiger partial charge in [0, 0.05) is 36.9 Å². The molecule has 1 aromatic rings. The lowest BCUT2D eigenvalue weighted by molar-refractivity contribution is 0.270. The summed E-state index contributed by atoms with van der Waals surface area (Å²) in [4.78, 5) is 4.96. The summed E-state index contributed by atoms with van der Waals surface area (Å²) >= 11 is 6.12. The molecule has 1 atom stereocenters. The second-order valence-corrected chi connectivity index (χ2v) is 6.04. The highest BCUT2D eigenvalue weighted by Crippen LogP contribution is 2.26. The Labute approximate surface area is 127 Å². The van der Waals surface area contributed by atoms with Crippen molar-refractivity contribution < 1.29 is 0 Å². The molecule has 20 heavy (non-hydrogen) atoms. The molecule has 1 saturated heterocycles. The van der Waals surface area contributed by atoms with Gasteiger partial charge in [-0.05, 0) is 56.7 Å². The Balaban J connectivity index is 2.10. The summed E-state index contributed by atoms with van der Waals surface area (Å²) < 4.78 is 0. The van der Waals surface area contributed by atoms with E-state index < -0.39 is 0 Å². The number of likely N-dealkylation sites (N-methyl/N-ethyl adjacent to an activating group) is 2. The summed E-state index contributed by atoms with van der Waals surface area (Å²) in [5, 5.41) is 4.03. The lowest BCUT2D eigenvalue weighted by Gasteiger charge is -2.30. The minimum absolute atomic E-state index is 0.683. The summed E-state index contributed by atoms with van der Waals surface area (Å²) in [5.74, 6) is 0. The third kappa shape index (κ3) is 3.66. The maximum Gasteiger partial charge on any atom is 0.0410 e. The maximum atomic E-state index is 6.12. The van der Waals surface area contributed by atoms with E-state index in [1.807, 2.05) is 13.1 Å². The number of halogens is 1. The number of hydrogen-bond donors (Lipinski definition) is 1. The highest BCUT2D eigenvalue weighted by molar-refractivity contribution is 6.30. The van der Waals surface area contributed by atoms with E-state index in [0.29, 0.717) is 6.04 Å². The topological polar surface area (TPSA) is 18.5 Å². The lowest BCUT2D eigenvalue weighted by atomic mass is 10.1. The van der Waals surface area contributed by atoms with Crippen molar-refractivity contribution in [3.8, 4) is 0 Å². The van der Waals surface area contributed by atoms with Crippen LogP contribution in [0.2, 0.25) is 5.02 Å². The molecule has 1 heterocycles. The fraction of sp³-hybridized carbons (Fsp3) is 0.625. The summed E-state index contributed by atoms with van der Waals surface area (Å²) in [7, 11) is 4.16. The van der Waals surface area contributed by atoms with E-state index >= 15 is 0 Å². The van der Waals surface area contributed by atoms with Crippen LogP contribution in [0.25, 0.3) is 0 Å². The quantitative estimate of drug-likeness (QED) is 0.870. The molecule has 1 unspecified atom stereocenters. The highest BCUT2D eigenvalue weighted by Gasteiger charge is 2.24. The van der Waals surface area contributed by atoms with E-state index in [2.05, 4.69) is 41.2 Å². The fourth-order valence-corrected chi connectivity index (χ4v) is 3.39. The van der Waals surface area contributed by atoms with Gasteiger partial charge in [0.1, 0.15) is 0 Å². The monoisotopic (exact) mass is 295 g/mol. The minimum Gasteiger partial charge on any atom is -0.373 e. The molecule has 0 spiro atoms. The summed E-state index contributed by atoms with van der Waals surface area (Å²) in [5.41, 5.74) is 2.55. The molecule has 0 amide bonds. The number of benzene rings is 1. The molecule has 1 aromatic carbocycles. The molecule has 1 aliphatic heterocycles. The first-order valence-electron chi connectivity index (χ1n) is 7.54. The van der Waals surface area contributed by atoms with E-state index in [9.17, 15) is 0 Å². The molecule has 1 N–H and O–H groups in total. The molecule has 0 aliphatic carbocycles. The van der Waals surface area contributed by atoms with Crippen molar-refractivity contribution in [2.45, 2.75) is 32.4 Å². The Bertz CT molecular complexity index is 436. The SMILES string of the molecule is CCN1CCCC1CN(C)c1ccc(Cl)cc1CNC. The Hall–Kier alpha value is -0.770. The van der Waals surface area contributed by atoms with Gasteiger partial charge in [-0.25, -0.2) is 0 Å². The zero-order chi connectivity index (χ0) is 14.5. The largest absolute Gasteiger partial charge is 0.373 e. The van der Waals surface area contributed by atoms with Crippen molar-refractivity contribution in [2.24, 2.45) is 0 Å². The number of anilines is 1. The third-order valence-electron chi connectivity index (χ3n) is 4.21. The van der Waals surface area contributed by atoms with Gasteiger partial charge in [-0.1, -0.05) is 18.5 Å². The van der Waals surface area contributed by atoms with Crippen LogP contribution < -0.4 is 10.2 Å². The normalized spacial score (nSPS) is 19.5. The van der Waals surface area contributed by atoms with Crippen LogP contribution in [0.3, 0.4) is 0 Å². The van der Waals surface area contributed by atoms with E-state index in [4.69, 9.17) is 11.6 Å². The van der Waals surface area contributed by atoms with Crippen LogP contribution in [-0.2, 0) is 6.54 Å². The van der Waals surface area contributed by atoms with Crippen LogP contribution in [-0.4, -0.2) is 44.7 Å². The van der Waals surface area contributed by atoms with Crippen LogP contribution in [0.5, 0.6) is 0 Å². The molecule has 112 valence electrons. The van der Waals surface area contributed by atoms with Crippen molar-refractivity contribution in [2.75, 3.05) is 38.6 Å². The Morgan fingerprint density at radius 1 is 1.45 bits per heavy atom. The molecule has 3 nitrogen and oxygen atoms in total. The van der Waals surface area contributed by atoms with Gasteiger partial charge >= 0.3 is 0 Å². The average Bonchev–Trinajstić information content (AvgIpc) is 2.86. The standard InChI is InChI=1S/C16H26ClN3/c1-4-20-9-5-6-15(20)12-19(3)16-8-7-14(17)10-13(16)11-18-2/h7-8,10,15,18H,4-6,9,11-12H2,1-3H3. The van der Waals surface area contributed by atoms with Crippen molar-refractivity contribution in [3.63, 3.8) is 0 Å². The zero-order valence-electron chi connectivity index (χ0n) is 12.8. The highest BCUT2D eigenvalue weighted by atomic mass is 35.5. The maximum absolute atomic E-state index is 6.12. The smallest absolute Gasteiger partial charge is 0.0410 e. The van der Waals surface area contributed by atoms with Crippen LogP contribution in [0.15, 0.2) is 18.2 Å². The third-order valence-corrected chi connectivity index (χ3v) is 4.44. The number of likely N-dealkylation sites (tertiary alicyclic amines) is 1. The fourth-order valence-electron chi connectivity index (χ4n) is 3.19. The van der Waals surface area contributed by atoms with Gasteiger partial charge in [-0.2, -0.15) is 0 Å². The number of hydrogen-bond acceptors (Lipinski definition) is 3. The molecular weight excluding hydrogens is 270 g/mol. The van der Waals surface area contributed by atoms with Gasteiger partial charge in [-0.15, -0.1) is 0 Å².